The predicted molar refractivity (Wildman–Crippen MR) is 258 cm³/mol. The van der Waals surface area contributed by atoms with Crippen LogP contribution in [0.3, 0.4) is 0 Å². The molecule has 0 radical (unpaired) electrons. The van der Waals surface area contributed by atoms with Crippen molar-refractivity contribution in [2.45, 2.75) is 0 Å². The summed E-state index contributed by atoms with van der Waals surface area (Å²) in [6.07, 6.45) is 0. The summed E-state index contributed by atoms with van der Waals surface area (Å²) in [6, 6.07) is 74.5. The maximum absolute atomic E-state index is 6.59. The van der Waals surface area contributed by atoms with Crippen molar-refractivity contribution in [2.24, 2.45) is 0 Å². The molecule has 63 heavy (non-hydrogen) atoms. The molecular weight excluding hydrogens is 771 g/mol. The second-order valence-electron chi connectivity index (χ2n) is 16.1. The van der Waals surface area contributed by atoms with Crippen molar-refractivity contribution in [2.75, 3.05) is 0 Å². The van der Waals surface area contributed by atoms with E-state index in [1.807, 2.05) is 48.5 Å². The maximum Gasteiger partial charge on any atom is 0.160 e. The summed E-state index contributed by atoms with van der Waals surface area (Å²) in [5.74, 6) is 0.622. The summed E-state index contributed by atoms with van der Waals surface area (Å²) in [5, 5.41) is 6.63. The van der Waals surface area contributed by atoms with Crippen molar-refractivity contribution in [1.82, 2.24) is 14.5 Å². The first-order valence-electron chi connectivity index (χ1n) is 21.2. The van der Waals surface area contributed by atoms with Crippen molar-refractivity contribution >= 4 is 65.7 Å². The molecule has 0 aliphatic carbocycles. The van der Waals surface area contributed by atoms with Crippen LogP contribution in [0.4, 0.5) is 0 Å². The second-order valence-corrected chi connectivity index (χ2v) is 16.1. The van der Waals surface area contributed by atoms with Crippen molar-refractivity contribution in [3.05, 3.63) is 212 Å². The van der Waals surface area contributed by atoms with Gasteiger partial charge in [0.25, 0.3) is 0 Å². The van der Waals surface area contributed by atoms with Crippen LogP contribution >= 0.6 is 0 Å². The number of rotatable bonds is 6. The fourth-order valence-electron chi connectivity index (χ4n) is 9.42. The van der Waals surface area contributed by atoms with Crippen molar-refractivity contribution in [3.8, 4) is 61.8 Å². The number of nitrogens with zero attached hydrogens (tertiary/aromatic N) is 3. The minimum atomic E-state index is 0.622. The molecule has 13 rings (SSSR count). The minimum absolute atomic E-state index is 0.622. The lowest BCUT2D eigenvalue weighted by atomic mass is 9.98. The van der Waals surface area contributed by atoms with Crippen LogP contribution in [0.25, 0.3) is 128 Å². The normalized spacial score (nSPS) is 11.8. The Kier molecular flexibility index (Phi) is 7.84. The van der Waals surface area contributed by atoms with Crippen LogP contribution in [-0.4, -0.2) is 14.5 Å². The van der Waals surface area contributed by atoms with Gasteiger partial charge in [-0.1, -0.05) is 140 Å². The summed E-state index contributed by atoms with van der Waals surface area (Å²) >= 11 is 0. The molecule has 13 aromatic rings. The number of furan rings is 2. The van der Waals surface area contributed by atoms with E-state index in [4.69, 9.17) is 18.8 Å². The first kappa shape index (κ1) is 35.2. The van der Waals surface area contributed by atoms with E-state index in [0.717, 1.165) is 94.3 Å². The maximum atomic E-state index is 6.59. The van der Waals surface area contributed by atoms with Crippen LogP contribution in [0, 0.1) is 0 Å². The molecule has 0 fully saturated rings. The Bertz CT molecular complexity index is 3900. The van der Waals surface area contributed by atoms with E-state index in [9.17, 15) is 0 Å². The van der Waals surface area contributed by atoms with Gasteiger partial charge in [-0.05, 0) is 95.1 Å². The SMILES string of the molecule is c1ccc(-c2ccc3c(c2)c2ccc(-c4ccc5oc6cccc(-c7cc(-c8ccccc8)nc(-c8ccc9c(c8)oc8ccccc89)n7)c6c5c4)cc2n3-c2ccccc2)cc1. The number of aromatic nitrogens is 3. The summed E-state index contributed by atoms with van der Waals surface area (Å²) in [6.45, 7) is 0. The first-order chi connectivity index (χ1) is 31.2. The highest BCUT2D eigenvalue weighted by Crippen LogP contribution is 2.42. The highest BCUT2D eigenvalue weighted by atomic mass is 16.3. The van der Waals surface area contributed by atoms with Crippen LogP contribution in [-0.2, 0) is 0 Å². The number of hydrogen-bond acceptors (Lipinski definition) is 4. The fraction of sp³-hybridized carbons (Fsp3) is 0. The Morgan fingerprint density at radius 1 is 0.317 bits per heavy atom. The smallest absolute Gasteiger partial charge is 0.160 e. The highest BCUT2D eigenvalue weighted by molar-refractivity contribution is 6.14. The van der Waals surface area contributed by atoms with Gasteiger partial charge < -0.3 is 13.4 Å². The molecule has 0 saturated carbocycles. The Labute approximate surface area is 361 Å². The largest absolute Gasteiger partial charge is 0.456 e. The molecule has 0 amide bonds. The molecule has 0 bridgehead atoms. The first-order valence-corrected chi connectivity index (χ1v) is 21.2. The Morgan fingerprint density at radius 3 is 1.78 bits per heavy atom. The van der Waals surface area contributed by atoms with Gasteiger partial charge in [-0.15, -0.1) is 0 Å². The molecule has 0 N–H and O–H groups in total. The highest BCUT2D eigenvalue weighted by Gasteiger charge is 2.20. The van der Waals surface area contributed by atoms with E-state index in [2.05, 4.69) is 168 Å². The monoisotopic (exact) mass is 805 g/mol. The van der Waals surface area contributed by atoms with Crippen molar-refractivity contribution < 1.29 is 8.83 Å². The standard InChI is InChI=1S/C58H35N3O2/c1-4-13-36(14-5-1)38-25-29-51-47(31-38)43-27-23-40(33-52(43)61(51)42-17-8-3-9-18-42)39-26-30-54-48(32-39)57-46(20-12-22-55(57)62-54)50-35-49(37-15-6-2-7-16-37)59-58(60-50)41-24-28-45-44-19-10-11-21-53(44)63-56(45)34-41/h1-35H. The van der Waals surface area contributed by atoms with Gasteiger partial charge in [-0.3, -0.25) is 0 Å². The van der Waals surface area contributed by atoms with Gasteiger partial charge in [-0.2, -0.15) is 0 Å². The third kappa shape index (κ3) is 5.78. The van der Waals surface area contributed by atoms with Gasteiger partial charge in [0.05, 0.1) is 22.4 Å². The zero-order valence-electron chi connectivity index (χ0n) is 33.9. The average Bonchev–Trinajstić information content (AvgIpc) is 4.03. The molecule has 4 heterocycles. The van der Waals surface area contributed by atoms with Crippen LogP contribution in [0.5, 0.6) is 0 Å². The van der Waals surface area contributed by atoms with Crippen molar-refractivity contribution in [1.29, 1.82) is 0 Å². The van der Waals surface area contributed by atoms with E-state index in [-0.39, 0.29) is 0 Å². The molecule has 0 atom stereocenters. The number of para-hydroxylation sites is 2. The fourth-order valence-corrected chi connectivity index (χ4v) is 9.42. The van der Waals surface area contributed by atoms with Crippen molar-refractivity contribution in [3.63, 3.8) is 0 Å². The average molecular weight is 806 g/mol. The zero-order chi connectivity index (χ0) is 41.4. The minimum Gasteiger partial charge on any atom is -0.456 e. The number of hydrogen-bond donors (Lipinski definition) is 0. The Morgan fingerprint density at radius 2 is 0.921 bits per heavy atom. The molecule has 0 spiro atoms. The van der Waals surface area contributed by atoms with Crippen LogP contribution in [0.15, 0.2) is 221 Å². The zero-order valence-corrected chi connectivity index (χ0v) is 33.9. The van der Waals surface area contributed by atoms with Crippen LogP contribution in [0.1, 0.15) is 0 Å². The lowest BCUT2D eigenvalue weighted by Crippen LogP contribution is -1.96. The Balaban J connectivity index is 0.981. The predicted octanol–water partition coefficient (Wildman–Crippen LogP) is 15.7. The van der Waals surface area contributed by atoms with Gasteiger partial charge in [0.1, 0.15) is 22.3 Å². The lowest BCUT2D eigenvalue weighted by Gasteiger charge is -2.11. The molecule has 0 aliphatic rings. The summed E-state index contributed by atoms with van der Waals surface area (Å²) in [4.78, 5) is 10.5. The van der Waals surface area contributed by atoms with E-state index in [0.29, 0.717) is 5.82 Å². The van der Waals surface area contributed by atoms with Crippen LogP contribution in [0.2, 0.25) is 0 Å². The van der Waals surface area contributed by atoms with Gasteiger partial charge in [0.15, 0.2) is 5.82 Å². The van der Waals surface area contributed by atoms with Gasteiger partial charge in [0.2, 0.25) is 0 Å². The molecule has 0 saturated heterocycles. The molecule has 4 aromatic heterocycles. The van der Waals surface area contributed by atoms with E-state index in [1.54, 1.807) is 0 Å². The lowest BCUT2D eigenvalue weighted by molar-refractivity contribution is 0.668. The third-order valence-electron chi connectivity index (χ3n) is 12.4. The molecule has 0 unspecified atom stereocenters. The molecule has 5 nitrogen and oxygen atoms in total. The van der Waals surface area contributed by atoms with Gasteiger partial charge >= 0.3 is 0 Å². The second kappa shape index (κ2) is 14.0. The molecule has 294 valence electrons. The molecule has 0 aliphatic heterocycles. The van der Waals surface area contributed by atoms with E-state index >= 15 is 0 Å². The van der Waals surface area contributed by atoms with Gasteiger partial charge in [-0.25, -0.2) is 9.97 Å². The third-order valence-corrected chi connectivity index (χ3v) is 12.4. The molecule has 9 aromatic carbocycles. The number of benzene rings is 9. The van der Waals surface area contributed by atoms with Crippen LogP contribution < -0.4 is 0 Å². The Hall–Kier alpha value is -8.54. The summed E-state index contributed by atoms with van der Waals surface area (Å²) in [7, 11) is 0. The number of fused-ring (bicyclic) bond motifs is 9. The topological polar surface area (TPSA) is 57.0 Å². The summed E-state index contributed by atoms with van der Waals surface area (Å²) in [5.41, 5.74) is 15.9. The molecular formula is C58H35N3O2. The quantitative estimate of drug-likeness (QED) is 0.168. The summed E-state index contributed by atoms with van der Waals surface area (Å²) < 4.78 is 15.3. The van der Waals surface area contributed by atoms with Gasteiger partial charge in [0, 0.05) is 54.7 Å². The van der Waals surface area contributed by atoms with E-state index in [1.165, 1.54) is 27.4 Å². The van der Waals surface area contributed by atoms with E-state index < -0.39 is 0 Å². The molecule has 5 heteroatoms.